The van der Waals surface area contributed by atoms with E-state index in [4.69, 9.17) is 4.52 Å². The number of hydrogen-bond acceptors (Lipinski definition) is 7. The maximum absolute atomic E-state index is 13.0. The van der Waals surface area contributed by atoms with Gasteiger partial charge in [-0.3, -0.25) is 4.79 Å². The SMILES string of the molecule is C[C@@H](O)c1nnc(CC2CC(CNC(=O)c3cc(-c4ccc(F)cc4)no3)C2)s1. The molecule has 2 aromatic heterocycles. The molecule has 3 aromatic rings. The van der Waals surface area contributed by atoms with Gasteiger partial charge >= 0.3 is 0 Å². The van der Waals surface area contributed by atoms with Crippen molar-refractivity contribution in [3.05, 3.63) is 51.9 Å². The molecule has 1 amide bonds. The fraction of sp³-hybridized carbons (Fsp3) is 0.400. The second-order valence-electron chi connectivity index (χ2n) is 7.41. The summed E-state index contributed by atoms with van der Waals surface area (Å²) in [5, 5.41) is 26.0. The van der Waals surface area contributed by atoms with E-state index < -0.39 is 6.10 Å². The molecule has 2 N–H and O–H groups in total. The summed E-state index contributed by atoms with van der Waals surface area (Å²) >= 11 is 1.45. The minimum absolute atomic E-state index is 0.139. The number of hydrogen-bond donors (Lipinski definition) is 2. The van der Waals surface area contributed by atoms with Gasteiger partial charge in [0.25, 0.3) is 5.91 Å². The van der Waals surface area contributed by atoms with Crippen molar-refractivity contribution >= 4 is 17.2 Å². The highest BCUT2D eigenvalue weighted by Crippen LogP contribution is 2.36. The van der Waals surface area contributed by atoms with Crippen LogP contribution in [0, 0.1) is 17.7 Å². The van der Waals surface area contributed by atoms with Crippen LogP contribution in [0.15, 0.2) is 34.9 Å². The van der Waals surface area contributed by atoms with Crippen molar-refractivity contribution in [3.63, 3.8) is 0 Å². The van der Waals surface area contributed by atoms with Gasteiger partial charge in [-0.2, -0.15) is 0 Å². The minimum atomic E-state index is -0.578. The molecule has 1 aliphatic rings. The molecule has 0 aliphatic heterocycles. The number of carbonyl (C=O) groups excluding carboxylic acids is 1. The summed E-state index contributed by atoms with van der Waals surface area (Å²) in [5.74, 6) is 0.456. The number of aliphatic hydroxyl groups excluding tert-OH is 1. The zero-order chi connectivity index (χ0) is 20.4. The van der Waals surface area contributed by atoms with Gasteiger partial charge in [-0.05, 0) is 55.9 Å². The summed E-state index contributed by atoms with van der Waals surface area (Å²) in [4.78, 5) is 12.3. The zero-order valence-electron chi connectivity index (χ0n) is 15.8. The molecule has 7 nitrogen and oxygen atoms in total. The first-order chi connectivity index (χ1) is 14.0. The van der Waals surface area contributed by atoms with Gasteiger partial charge in [-0.1, -0.05) is 16.5 Å². The average molecular weight is 416 g/mol. The topological polar surface area (TPSA) is 101 Å². The highest BCUT2D eigenvalue weighted by molar-refractivity contribution is 7.11. The normalized spacial score (nSPS) is 19.6. The summed E-state index contributed by atoms with van der Waals surface area (Å²) in [5.41, 5.74) is 1.18. The molecule has 0 spiro atoms. The molecule has 0 unspecified atom stereocenters. The van der Waals surface area contributed by atoms with E-state index in [2.05, 4.69) is 20.7 Å². The summed E-state index contributed by atoms with van der Waals surface area (Å²) in [6.07, 6.45) is 2.31. The summed E-state index contributed by atoms with van der Waals surface area (Å²) in [6, 6.07) is 7.41. The van der Waals surface area contributed by atoms with E-state index in [0.717, 1.165) is 24.3 Å². The van der Waals surface area contributed by atoms with Crippen molar-refractivity contribution in [2.45, 2.75) is 32.3 Å². The van der Waals surface area contributed by atoms with Crippen LogP contribution < -0.4 is 5.32 Å². The third kappa shape index (κ3) is 4.68. The first-order valence-corrected chi connectivity index (χ1v) is 10.3. The van der Waals surface area contributed by atoms with E-state index >= 15 is 0 Å². The van der Waals surface area contributed by atoms with Crippen LogP contribution in [0.1, 0.15) is 46.4 Å². The van der Waals surface area contributed by atoms with E-state index in [1.54, 1.807) is 25.1 Å². The Morgan fingerprint density at radius 1 is 1.31 bits per heavy atom. The third-order valence-corrected chi connectivity index (χ3v) is 6.18. The van der Waals surface area contributed by atoms with Crippen molar-refractivity contribution < 1.29 is 18.8 Å². The number of aliphatic hydroxyl groups is 1. The minimum Gasteiger partial charge on any atom is -0.386 e. The van der Waals surface area contributed by atoms with E-state index in [1.165, 1.54) is 23.5 Å². The molecule has 0 radical (unpaired) electrons. The number of amides is 1. The van der Waals surface area contributed by atoms with E-state index in [-0.39, 0.29) is 17.5 Å². The summed E-state index contributed by atoms with van der Waals surface area (Å²) < 4.78 is 18.1. The van der Waals surface area contributed by atoms with Crippen LogP contribution in [0.5, 0.6) is 0 Å². The quantitative estimate of drug-likeness (QED) is 0.612. The van der Waals surface area contributed by atoms with Crippen molar-refractivity contribution in [1.82, 2.24) is 20.7 Å². The molecule has 9 heteroatoms. The molecule has 4 rings (SSSR count). The summed E-state index contributed by atoms with van der Waals surface area (Å²) in [6.45, 7) is 2.26. The second kappa shape index (κ2) is 8.38. The van der Waals surface area contributed by atoms with Gasteiger partial charge in [-0.25, -0.2) is 4.39 Å². The van der Waals surface area contributed by atoms with Crippen LogP contribution in [0.2, 0.25) is 0 Å². The number of halogens is 1. The smallest absolute Gasteiger partial charge is 0.289 e. The predicted molar refractivity (Wildman–Crippen MR) is 105 cm³/mol. The lowest BCUT2D eigenvalue weighted by Crippen LogP contribution is -2.36. The Morgan fingerprint density at radius 3 is 2.76 bits per heavy atom. The van der Waals surface area contributed by atoms with Gasteiger partial charge in [0.05, 0.1) is 0 Å². The Labute approximate surface area is 171 Å². The summed E-state index contributed by atoms with van der Waals surface area (Å²) in [7, 11) is 0. The van der Waals surface area contributed by atoms with Gasteiger partial charge < -0.3 is 14.9 Å². The molecule has 29 heavy (non-hydrogen) atoms. The van der Waals surface area contributed by atoms with Crippen molar-refractivity contribution in [2.75, 3.05) is 6.54 Å². The number of rotatable bonds is 7. The Morgan fingerprint density at radius 2 is 2.07 bits per heavy atom. The molecule has 0 saturated heterocycles. The number of carbonyl (C=O) groups is 1. The first kappa shape index (κ1) is 19.7. The van der Waals surface area contributed by atoms with Crippen molar-refractivity contribution in [2.24, 2.45) is 11.8 Å². The number of nitrogens with zero attached hydrogens (tertiary/aromatic N) is 3. The van der Waals surface area contributed by atoms with Gasteiger partial charge in [0.15, 0.2) is 0 Å². The molecule has 1 saturated carbocycles. The van der Waals surface area contributed by atoms with Crippen LogP contribution in [0.3, 0.4) is 0 Å². The average Bonchev–Trinajstić information content (AvgIpc) is 3.33. The number of nitrogens with one attached hydrogen (secondary N) is 1. The van der Waals surface area contributed by atoms with Crippen LogP contribution >= 0.6 is 11.3 Å². The molecular weight excluding hydrogens is 395 g/mol. The van der Waals surface area contributed by atoms with Crippen LogP contribution in [0.4, 0.5) is 4.39 Å². The Kier molecular flexibility index (Phi) is 5.68. The van der Waals surface area contributed by atoms with Crippen molar-refractivity contribution in [1.29, 1.82) is 0 Å². The molecule has 1 fully saturated rings. The van der Waals surface area contributed by atoms with Crippen LogP contribution in [-0.4, -0.2) is 32.9 Å². The number of benzene rings is 1. The lowest BCUT2D eigenvalue weighted by molar-refractivity contribution is 0.0887. The molecule has 0 bridgehead atoms. The fourth-order valence-corrected chi connectivity index (χ4v) is 4.33. The largest absolute Gasteiger partial charge is 0.386 e. The fourth-order valence-electron chi connectivity index (χ4n) is 3.44. The maximum Gasteiger partial charge on any atom is 0.289 e. The Bertz CT molecular complexity index is 980. The lowest BCUT2D eigenvalue weighted by atomic mass is 9.73. The maximum atomic E-state index is 13.0. The Balaban J connectivity index is 1.22. The highest BCUT2D eigenvalue weighted by atomic mass is 32.1. The molecule has 2 heterocycles. The molecule has 1 aromatic carbocycles. The van der Waals surface area contributed by atoms with E-state index in [9.17, 15) is 14.3 Å². The van der Waals surface area contributed by atoms with Gasteiger partial charge in [0.2, 0.25) is 5.76 Å². The molecular formula is C20H21FN4O3S. The first-order valence-electron chi connectivity index (χ1n) is 9.49. The van der Waals surface area contributed by atoms with Gasteiger partial charge in [0, 0.05) is 24.6 Å². The molecule has 1 atom stereocenters. The highest BCUT2D eigenvalue weighted by Gasteiger charge is 2.30. The van der Waals surface area contributed by atoms with Crippen molar-refractivity contribution in [3.8, 4) is 11.3 Å². The third-order valence-electron chi connectivity index (χ3n) is 5.06. The van der Waals surface area contributed by atoms with E-state index in [1.807, 2.05) is 0 Å². The Hall–Kier alpha value is -2.65. The number of aromatic nitrogens is 3. The van der Waals surface area contributed by atoms with Gasteiger partial charge in [0.1, 0.15) is 27.6 Å². The van der Waals surface area contributed by atoms with E-state index in [0.29, 0.717) is 34.6 Å². The molecule has 152 valence electrons. The second-order valence-corrected chi connectivity index (χ2v) is 8.50. The van der Waals surface area contributed by atoms with Crippen LogP contribution in [0.25, 0.3) is 11.3 Å². The standard InChI is InChI=1S/C20H21FN4O3S/c1-11(26)20-24-23-18(29-20)8-12-6-13(7-12)10-22-19(27)17-9-16(25-28-17)14-2-4-15(21)5-3-14/h2-5,9,11-13,26H,6-8,10H2,1H3,(H,22,27)/t11-,12?,13?/m1/s1. The predicted octanol–water partition coefficient (Wildman–Crippen LogP) is 3.38. The van der Waals surface area contributed by atoms with Crippen LogP contribution in [-0.2, 0) is 6.42 Å². The monoisotopic (exact) mass is 416 g/mol. The lowest BCUT2D eigenvalue weighted by Gasteiger charge is -2.34. The molecule has 1 aliphatic carbocycles. The van der Waals surface area contributed by atoms with Gasteiger partial charge in [-0.15, -0.1) is 10.2 Å². The zero-order valence-corrected chi connectivity index (χ0v) is 16.7.